The van der Waals surface area contributed by atoms with Crippen LogP contribution in [0.3, 0.4) is 0 Å². The van der Waals surface area contributed by atoms with Crippen LogP contribution in [0.5, 0.6) is 0 Å². The van der Waals surface area contributed by atoms with Crippen LogP contribution in [0.1, 0.15) is 51.9 Å². The molecule has 0 aromatic carbocycles. The molecule has 0 aliphatic heterocycles. The first kappa shape index (κ1) is 12.0. The first-order valence-corrected chi connectivity index (χ1v) is 6.08. The van der Waals surface area contributed by atoms with Gasteiger partial charge in [-0.05, 0) is 25.2 Å². The Kier molecular flexibility index (Phi) is 5.49. The van der Waals surface area contributed by atoms with Crippen LogP contribution in [0.15, 0.2) is 0 Å². The van der Waals surface area contributed by atoms with Gasteiger partial charge in [0.15, 0.2) is 0 Å². The van der Waals surface area contributed by atoms with E-state index in [1.165, 1.54) is 38.5 Å². The van der Waals surface area contributed by atoms with Crippen molar-refractivity contribution >= 4 is 0 Å². The van der Waals surface area contributed by atoms with Crippen molar-refractivity contribution in [2.75, 3.05) is 7.11 Å². The van der Waals surface area contributed by atoms with Gasteiger partial charge in [-0.2, -0.15) is 0 Å². The molecule has 1 saturated carbocycles. The largest absolute Gasteiger partial charge is 0.380 e. The summed E-state index contributed by atoms with van der Waals surface area (Å²) in [6.45, 7) is 2.19. The summed E-state index contributed by atoms with van der Waals surface area (Å²) in [6, 6.07) is 0.264. The van der Waals surface area contributed by atoms with E-state index in [2.05, 4.69) is 6.92 Å². The van der Waals surface area contributed by atoms with E-state index in [0.717, 1.165) is 6.42 Å². The second-order valence-electron chi connectivity index (χ2n) is 4.54. The van der Waals surface area contributed by atoms with E-state index >= 15 is 0 Å². The lowest BCUT2D eigenvalue weighted by molar-refractivity contribution is 0.0474. The van der Waals surface area contributed by atoms with E-state index in [4.69, 9.17) is 10.5 Å². The number of ether oxygens (including phenoxy) is 1. The van der Waals surface area contributed by atoms with E-state index in [1.54, 1.807) is 7.11 Å². The number of hydrogen-bond acceptors (Lipinski definition) is 2. The molecule has 2 nitrogen and oxygen atoms in total. The summed E-state index contributed by atoms with van der Waals surface area (Å²) in [6.07, 6.45) is 9.29. The number of nitrogens with two attached hydrogens (primary N) is 1. The van der Waals surface area contributed by atoms with Gasteiger partial charge in [0.2, 0.25) is 0 Å². The number of methoxy groups -OCH3 is 1. The van der Waals surface area contributed by atoms with Crippen LogP contribution in [0.2, 0.25) is 0 Å². The first-order chi connectivity index (χ1) is 6.79. The molecule has 1 aliphatic carbocycles. The third-order valence-corrected chi connectivity index (χ3v) is 3.50. The predicted molar refractivity (Wildman–Crippen MR) is 60.3 cm³/mol. The highest BCUT2D eigenvalue weighted by Crippen LogP contribution is 2.28. The molecule has 0 radical (unpaired) electrons. The van der Waals surface area contributed by atoms with Crippen LogP contribution in [0.25, 0.3) is 0 Å². The lowest BCUT2D eigenvalue weighted by Gasteiger charge is -2.32. The SMILES string of the molecule is CCCC(OC)C(N)C1CCCCC1. The molecule has 0 saturated heterocycles. The van der Waals surface area contributed by atoms with E-state index < -0.39 is 0 Å². The highest BCUT2D eigenvalue weighted by Gasteiger charge is 2.26. The van der Waals surface area contributed by atoms with E-state index in [9.17, 15) is 0 Å². The summed E-state index contributed by atoms with van der Waals surface area (Å²) in [5, 5.41) is 0. The maximum absolute atomic E-state index is 6.26. The van der Waals surface area contributed by atoms with Gasteiger partial charge in [-0.25, -0.2) is 0 Å². The van der Waals surface area contributed by atoms with Crippen molar-refractivity contribution in [3.63, 3.8) is 0 Å². The molecule has 2 heteroatoms. The number of hydrogen-bond donors (Lipinski definition) is 1. The molecule has 2 N–H and O–H groups in total. The molecule has 0 spiro atoms. The number of rotatable bonds is 5. The second kappa shape index (κ2) is 6.41. The lowest BCUT2D eigenvalue weighted by Crippen LogP contribution is -2.43. The van der Waals surface area contributed by atoms with Gasteiger partial charge in [-0.1, -0.05) is 32.6 Å². The van der Waals surface area contributed by atoms with Gasteiger partial charge in [0.25, 0.3) is 0 Å². The highest BCUT2D eigenvalue weighted by molar-refractivity contribution is 4.82. The quantitative estimate of drug-likeness (QED) is 0.739. The summed E-state index contributed by atoms with van der Waals surface area (Å²) >= 11 is 0. The Bertz CT molecular complexity index is 139. The lowest BCUT2D eigenvalue weighted by atomic mass is 9.81. The molecule has 84 valence electrons. The zero-order valence-electron chi connectivity index (χ0n) is 9.67. The second-order valence-corrected chi connectivity index (χ2v) is 4.54. The summed E-state index contributed by atoms with van der Waals surface area (Å²) in [7, 11) is 1.79. The summed E-state index contributed by atoms with van der Waals surface area (Å²) < 4.78 is 5.48. The molecule has 0 amide bonds. The molecule has 1 fully saturated rings. The minimum absolute atomic E-state index is 0.264. The summed E-state index contributed by atoms with van der Waals surface area (Å²) in [5.74, 6) is 0.709. The Morgan fingerprint density at radius 1 is 1.29 bits per heavy atom. The Labute approximate surface area is 88.2 Å². The van der Waals surface area contributed by atoms with Crippen molar-refractivity contribution in [1.82, 2.24) is 0 Å². The third kappa shape index (κ3) is 3.25. The van der Waals surface area contributed by atoms with Crippen LogP contribution >= 0.6 is 0 Å². The average molecular weight is 199 g/mol. The molecular formula is C12H25NO. The fourth-order valence-electron chi connectivity index (χ4n) is 2.57. The van der Waals surface area contributed by atoms with Gasteiger partial charge in [-0.15, -0.1) is 0 Å². The van der Waals surface area contributed by atoms with Crippen molar-refractivity contribution in [2.45, 2.75) is 64.0 Å². The zero-order chi connectivity index (χ0) is 10.4. The van der Waals surface area contributed by atoms with E-state index in [1.807, 2.05) is 0 Å². The van der Waals surface area contributed by atoms with Gasteiger partial charge in [0, 0.05) is 13.2 Å². The van der Waals surface area contributed by atoms with Gasteiger partial charge >= 0.3 is 0 Å². The average Bonchev–Trinajstić information content (AvgIpc) is 2.26. The van der Waals surface area contributed by atoms with E-state index in [-0.39, 0.29) is 12.1 Å². The minimum Gasteiger partial charge on any atom is -0.380 e. The van der Waals surface area contributed by atoms with Crippen LogP contribution in [-0.4, -0.2) is 19.3 Å². The van der Waals surface area contributed by atoms with Crippen LogP contribution in [0, 0.1) is 5.92 Å². The smallest absolute Gasteiger partial charge is 0.0724 e. The minimum atomic E-state index is 0.264. The highest BCUT2D eigenvalue weighted by atomic mass is 16.5. The zero-order valence-corrected chi connectivity index (χ0v) is 9.67. The van der Waals surface area contributed by atoms with Gasteiger partial charge in [0.1, 0.15) is 0 Å². The predicted octanol–water partition coefficient (Wildman–Crippen LogP) is 2.71. The van der Waals surface area contributed by atoms with Crippen LogP contribution < -0.4 is 5.73 Å². The fourth-order valence-corrected chi connectivity index (χ4v) is 2.57. The van der Waals surface area contributed by atoms with Crippen LogP contribution in [0.4, 0.5) is 0 Å². The maximum atomic E-state index is 6.26. The maximum Gasteiger partial charge on any atom is 0.0724 e. The topological polar surface area (TPSA) is 35.2 Å². The standard InChI is InChI=1S/C12H25NO/c1-3-7-11(14-2)12(13)10-8-5-4-6-9-10/h10-12H,3-9,13H2,1-2H3. The fraction of sp³-hybridized carbons (Fsp3) is 1.00. The molecule has 2 unspecified atom stereocenters. The molecular weight excluding hydrogens is 174 g/mol. The Morgan fingerprint density at radius 3 is 2.43 bits per heavy atom. The molecule has 2 atom stereocenters. The Hall–Kier alpha value is -0.0800. The van der Waals surface area contributed by atoms with Crippen molar-refractivity contribution in [3.8, 4) is 0 Å². The molecule has 0 aromatic rings. The van der Waals surface area contributed by atoms with Crippen molar-refractivity contribution < 1.29 is 4.74 Å². The molecule has 0 heterocycles. The van der Waals surface area contributed by atoms with Crippen molar-refractivity contribution in [2.24, 2.45) is 11.7 Å². The normalized spacial score (nSPS) is 23.4. The van der Waals surface area contributed by atoms with Gasteiger partial charge in [-0.3, -0.25) is 0 Å². The third-order valence-electron chi connectivity index (χ3n) is 3.50. The first-order valence-electron chi connectivity index (χ1n) is 6.08. The summed E-state index contributed by atoms with van der Waals surface area (Å²) in [4.78, 5) is 0. The van der Waals surface area contributed by atoms with Gasteiger partial charge < -0.3 is 10.5 Å². The Balaban J connectivity index is 2.38. The molecule has 0 aromatic heterocycles. The van der Waals surface area contributed by atoms with Crippen LogP contribution in [-0.2, 0) is 4.74 Å². The van der Waals surface area contributed by atoms with Crippen molar-refractivity contribution in [1.29, 1.82) is 0 Å². The molecule has 1 aliphatic rings. The molecule has 14 heavy (non-hydrogen) atoms. The monoisotopic (exact) mass is 199 g/mol. The molecule has 1 rings (SSSR count). The van der Waals surface area contributed by atoms with Crippen molar-refractivity contribution in [3.05, 3.63) is 0 Å². The summed E-state index contributed by atoms with van der Waals surface area (Å²) in [5.41, 5.74) is 6.26. The molecule has 0 bridgehead atoms. The van der Waals surface area contributed by atoms with E-state index in [0.29, 0.717) is 5.92 Å². The van der Waals surface area contributed by atoms with Gasteiger partial charge in [0.05, 0.1) is 6.10 Å². The Morgan fingerprint density at radius 2 is 1.93 bits per heavy atom.